The van der Waals surface area contributed by atoms with Crippen LogP contribution in [0.5, 0.6) is 0 Å². The van der Waals surface area contributed by atoms with Gasteiger partial charge in [-0.3, -0.25) is 0 Å². The molecule has 0 aliphatic rings. The average molecular weight is 144 g/mol. The molecule has 4 heteroatoms. The van der Waals surface area contributed by atoms with Crippen molar-refractivity contribution in [3.63, 3.8) is 0 Å². The second-order valence-electron chi connectivity index (χ2n) is 2.11. The van der Waals surface area contributed by atoms with Gasteiger partial charge >= 0.3 is 0 Å². The van der Waals surface area contributed by atoms with E-state index in [4.69, 9.17) is 0 Å². The predicted octanol–water partition coefficient (Wildman–Crippen LogP) is -0.463. The first kappa shape index (κ1) is 8.94. The molecular formula is C6H10NO3-. The zero-order valence-corrected chi connectivity index (χ0v) is 6.25. The zero-order chi connectivity index (χ0) is 8.15. The summed E-state index contributed by atoms with van der Waals surface area (Å²) in [5, 5.41) is 13.4. The third kappa shape index (κ3) is 3.88. The lowest BCUT2D eigenvalue weighted by Gasteiger charge is -2.09. The number of carbonyl (C=O) groups excluding carboxylic acids is 1. The Labute approximate surface area is 59.5 Å². The highest BCUT2D eigenvalue weighted by molar-refractivity contribution is 5.78. The van der Waals surface area contributed by atoms with Crippen molar-refractivity contribution in [3.05, 3.63) is 0 Å². The lowest BCUT2D eigenvalue weighted by atomic mass is 10.4. The van der Waals surface area contributed by atoms with Crippen molar-refractivity contribution in [1.29, 1.82) is 0 Å². The Hall–Kier alpha value is -1.06. The van der Waals surface area contributed by atoms with Crippen LogP contribution in [0.15, 0.2) is 5.16 Å². The summed E-state index contributed by atoms with van der Waals surface area (Å²) in [4.78, 5) is 14.5. The number of hydrogen-bond donors (Lipinski definition) is 0. The molecule has 0 aliphatic carbocycles. The van der Waals surface area contributed by atoms with E-state index in [-0.39, 0.29) is 0 Å². The Morgan fingerprint density at radius 2 is 2.10 bits per heavy atom. The molecule has 0 radical (unpaired) electrons. The van der Waals surface area contributed by atoms with Crippen molar-refractivity contribution in [2.45, 2.75) is 26.9 Å². The number of carbonyl (C=O) groups is 1. The molecule has 0 rings (SSSR count). The van der Waals surface area contributed by atoms with E-state index < -0.39 is 12.1 Å². The number of nitrogens with zero attached hydrogens (tertiary/aromatic N) is 1. The number of rotatable bonds is 3. The summed E-state index contributed by atoms with van der Waals surface area (Å²) in [6, 6.07) is 0. The fourth-order valence-corrected chi connectivity index (χ4v) is 0.227. The first-order chi connectivity index (χ1) is 4.54. The van der Waals surface area contributed by atoms with Crippen LogP contribution in [-0.2, 0) is 9.63 Å². The Bertz CT molecular complexity index is 149. The smallest absolute Gasteiger partial charge is 0.163 e. The van der Waals surface area contributed by atoms with Crippen LogP contribution in [0.1, 0.15) is 20.8 Å². The fourth-order valence-electron chi connectivity index (χ4n) is 0.227. The molecule has 0 aromatic rings. The van der Waals surface area contributed by atoms with Gasteiger partial charge in [0.05, 0.1) is 11.7 Å². The summed E-state index contributed by atoms with van der Waals surface area (Å²) in [5.74, 6) is -1.26. The summed E-state index contributed by atoms with van der Waals surface area (Å²) in [7, 11) is 0. The zero-order valence-electron chi connectivity index (χ0n) is 6.25. The Balaban J connectivity index is 3.70. The minimum atomic E-state index is -1.26. The topological polar surface area (TPSA) is 61.7 Å². The third-order valence-electron chi connectivity index (χ3n) is 0.725. The maximum absolute atomic E-state index is 10.0. The summed E-state index contributed by atoms with van der Waals surface area (Å²) in [5.41, 5.74) is 0.674. The molecule has 0 fully saturated rings. The van der Waals surface area contributed by atoms with Gasteiger partial charge in [-0.1, -0.05) is 5.16 Å². The summed E-state index contributed by atoms with van der Waals surface area (Å²) in [6.07, 6.45) is -0.977. The van der Waals surface area contributed by atoms with Crippen molar-refractivity contribution in [2.75, 3.05) is 0 Å². The molecule has 0 N–H and O–H groups in total. The van der Waals surface area contributed by atoms with Crippen molar-refractivity contribution < 1.29 is 14.7 Å². The minimum Gasteiger partial charge on any atom is -0.546 e. The fraction of sp³-hybridized carbons (Fsp3) is 0.667. The van der Waals surface area contributed by atoms with Gasteiger partial charge in [0.25, 0.3) is 0 Å². The largest absolute Gasteiger partial charge is 0.546 e. The molecule has 0 saturated heterocycles. The second-order valence-corrected chi connectivity index (χ2v) is 2.11. The molecular weight excluding hydrogens is 134 g/mol. The van der Waals surface area contributed by atoms with Gasteiger partial charge in [0, 0.05) is 0 Å². The van der Waals surface area contributed by atoms with E-state index in [0.717, 1.165) is 0 Å². The van der Waals surface area contributed by atoms with Crippen LogP contribution in [0.25, 0.3) is 0 Å². The molecule has 0 saturated carbocycles. The van der Waals surface area contributed by atoms with Gasteiger partial charge < -0.3 is 14.7 Å². The summed E-state index contributed by atoms with van der Waals surface area (Å²) >= 11 is 0. The van der Waals surface area contributed by atoms with E-state index in [0.29, 0.717) is 5.71 Å². The second kappa shape index (κ2) is 3.87. The van der Waals surface area contributed by atoms with Gasteiger partial charge in [0.2, 0.25) is 0 Å². The lowest BCUT2D eigenvalue weighted by Crippen LogP contribution is -2.34. The molecule has 0 aromatic carbocycles. The maximum atomic E-state index is 10.0. The predicted molar refractivity (Wildman–Crippen MR) is 34.3 cm³/mol. The summed E-state index contributed by atoms with van der Waals surface area (Å²) in [6.45, 7) is 4.78. The number of oxime groups is 1. The quantitative estimate of drug-likeness (QED) is 0.397. The first-order valence-electron chi connectivity index (χ1n) is 2.92. The molecule has 0 heterocycles. The Morgan fingerprint density at radius 1 is 1.60 bits per heavy atom. The number of carboxylic acids is 1. The van der Waals surface area contributed by atoms with Gasteiger partial charge in [-0.2, -0.15) is 0 Å². The molecule has 0 amide bonds. The molecule has 0 spiro atoms. The normalized spacial score (nSPS) is 11.9. The molecule has 0 aliphatic heterocycles. The van der Waals surface area contributed by atoms with Crippen molar-refractivity contribution in [3.8, 4) is 0 Å². The highest BCUT2D eigenvalue weighted by Crippen LogP contribution is 1.89. The van der Waals surface area contributed by atoms with Crippen LogP contribution >= 0.6 is 0 Å². The monoisotopic (exact) mass is 144 g/mol. The van der Waals surface area contributed by atoms with Crippen LogP contribution in [0, 0.1) is 0 Å². The first-order valence-corrected chi connectivity index (χ1v) is 2.92. The minimum absolute atomic E-state index is 0.674. The van der Waals surface area contributed by atoms with E-state index >= 15 is 0 Å². The molecule has 0 bridgehead atoms. The Kier molecular flexibility index (Phi) is 3.46. The van der Waals surface area contributed by atoms with E-state index in [9.17, 15) is 9.90 Å². The molecule has 1 atom stereocenters. The van der Waals surface area contributed by atoms with Crippen molar-refractivity contribution >= 4 is 11.7 Å². The van der Waals surface area contributed by atoms with Gasteiger partial charge in [0.1, 0.15) is 0 Å². The SMILES string of the molecule is CC(C)=NO[C@H](C)C(=O)[O-]. The van der Waals surface area contributed by atoms with Gasteiger partial charge in [0.15, 0.2) is 6.10 Å². The van der Waals surface area contributed by atoms with Crippen LogP contribution in [0.2, 0.25) is 0 Å². The van der Waals surface area contributed by atoms with E-state index in [1.165, 1.54) is 6.92 Å². The van der Waals surface area contributed by atoms with E-state index in [2.05, 4.69) is 9.99 Å². The highest BCUT2D eigenvalue weighted by Gasteiger charge is 2.00. The molecule has 4 nitrogen and oxygen atoms in total. The van der Waals surface area contributed by atoms with Crippen LogP contribution in [0.3, 0.4) is 0 Å². The van der Waals surface area contributed by atoms with Crippen LogP contribution in [0.4, 0.5) is 0 Å². The molecule has 58 valence electrons. The van der Waals surface area contributed by atoms with Gasteiger partial charge in [-0.05, 0) is 20.8 Å². The number of aliphatic carboxylic acids is 1. The summed E-state index contributed by atoms with van der Waals surface area (Å²) < 4.78 is 0. The van der Waals surface area contributed by atoms with Crippen molar-refractivity contribution in [1.82, 2.24) is 0 Å². The average Bonchev–Trinajstić information content (AvgIpc) is 1.82. The van der Waals surface area contributed by atoms with E-state index in [1.807, 2.05) is 0 Å². The van der Waals surface area contributed by atoms with E-state index in [1.54, 1.807) is 13.8 Å². The maximum Gasteiger partial charge on any atom is 0.163 e. The number of hydrogen-bond acceptors (Lipinski definition) is 4. The van der Waals surface area contributed by atoms with Gasteiger partial charge in [-0.25, -0.2) is 0 Å². The molecule has 10 heavy (non-hydrogen) atoms. The molecule has 0 aromatic heterocycles. The van der Waals surface area contributed by atoms with Crippen LogP contribution in [-0.4, -0.2) is 17.8 Å². The third-order valence-corrected chi connectivity index (χ3v) is 0.725. The Morgan fingerprint density at radius 3 is 2.40 bits per heavy atom. The van der Waals surface area contributed by atoms with Gasteiger partial charge in [-0.15, -0.1) is 0 Å². The highest BCUT2D eigenvalue weighted by atomic mass is 16.6. The van der Waals surface area contributed by atoms with Crippen LogP contribution < -0.4 is 5.11 Å². The number of carboxylic acid groups (broad SMARTS) is 1. The molecule has 0 unspecified atom stereocenters. The standard InChI is InChI=1S/C6H11NO3/c1-4(2)7-10-5(3)6(8)9/h5H,1-3H3,(H,8,9)/p-1/t5-/m1/s1. The van der Waals surface area contributed by atoms with Crippen molar-refractivity contribution in [2.24, 2.45) is 5.16 Å². The lowest BCUT2D eigenvalue weighted by molar-refractivity contribution is -0.316.